The molecule has 1 fully saturated rings. The SMILES string of the molecule is COC(=O)[C@@H]1[C@@H](CCO)/C(=C(/C)[Si](C)(C)c2ccccc2)CN1S(=O)(=O)c1ccc(C)cc1. The summed E-state index contributed by atoms with van der Waals surface area (Å²) >= 11 is 0. The molecule has 1 aliphatic rings. The van der Waals surface area contributed by atoms with E-state index in [-0.39, 0.29) is 24.5 Å². The van der Waals surface area contributed by atoms with E-state index >= 15 is 0 Å². The Morgan fingerprint density at radius 3 is 2.27 bits per heavy atom. The average Bonchev–Trinajstić information content (AvgIpc) is 3.19. The predicted molar refractivity (Wildman–Crippen MR) is 132 cm³/mol. The Morgan fingerprint density at radius 2 is 1.73 bits per heavy atom. The fourth-order valence-corrected chi connectivity index (χ4v) is 8.72. The van der Waals surface area contributed by atoms with Gasteiger partial charge in [0.05, 0.1) is 12.0 Å². The van der Waals surface area contributed by atoms with Gasteiger partial charge in [-0.3, -0.25) is 4.79 Å². The van der Waals surface area contributed by atoms with E-state index in [1.165, 1.54) is 16.6 Å². The third-order valence-electron chi connectivity index (χ3n) is 6.89. The first-order chi connectivity index (χ1) is 15.6. The number of ether oxygens (including phenoxy) is 1. The molecule has 178 valence electrons. The number of esters is 1. The number of aliphatic hydroxyl groups is 1. The number of nitrogens with zero attached hydrogens (tertiary/aromatic N) is 1. The van der Waals surface area contributed by atoms with Crippen molar-refractivity contribution in [1.82, 2.24) is 4.31 Å². The Kier molecular flexibility index (Phi) is 7.63. The largest absolute Gasteiger partial charge is 0.468 e. The second-order valence-corrected chi connectivity index (χ2v) is 15.6. The van der Waals surface area contributed by atoms with Gasteiger partial charge in [-0.05, 0) is 32.4 Å². The van der Waals surface area contributed by atoms with Crippen LogP contribution < -0.4 is 5.19 Å². The number of carbonyl (C=O) groups is 1. The molecule has 33 heavy (non-hydrogen) atoms. The van der Waals surface area contributed by atoms with E-state index in [9.17, 15) is 18.3 Å². The molecule has 0 aromatic heterocycles. The maximum absolute atomic E-state index is 13.7. The van der Waals surface area contributed by atoms with E-state index in [0.717, 1.165) is 16.3 Å². The molecular formula is C25H33NO5SSi. The van der Waals surface area contributed by atoms with Gasteiger partial charge >= 0.3 is 5.97 Å². The summed E-state index contributed by atoms with van der Waals surface area (Å²) in [5, 5.41) is 12.2. The lowest BCUT2D eigenvalue weighted by Crippen LogP contribution is -2.44. The van der Waals surface area contributed by atoms with E-state index in [1.807, 2.05) is 25.1 Å². The summed E-state index contributed by atoms with van der Waals surface area (Å²) in [6.07, 6.45) is 0.283. The van der Waals surface area contributed by atoms with Crippen LogP contribution in [0.2, 0.25) is 13.1 Å². The van der Waals surface area contributed by atoms with Crippen LogP contribution >= 0.6 is 0 Å². The Labute approximate surface area is 198 Å². The van der Waals surface area contributed by atoms with Gasteiger partial charge in [0.25, 0.3) is 0 Å². The summed E-state index contributed by atoms with van der Waals surface area (Å²) in [5.74, 6) is -1.05. The number of rotatable bonds is 7. The minimum absolute atomic E-state index is 0.107. The lowest BCUT2D eigenvalue weighted by molar-refractivity contribution is -0.145. The number of aliphatic hydroxyl groups excluding tert-OH is 1. The molecule has 8 heteroatoms. The van der Waals surface area contributed by atoms with Crippen LogP contribution in [0.4, 0.5) is 0 Å². The zero-order chi connectivity index (χ0) is 24.4. The number of aryl methyl sites for hydroxylation is 1. The minimum Gasteiger partial charge on any atom is -0.468 e. The number of sulfonamides is 1. The summed E-state index contributed by atoms with van der Waals surface area (Å²) < 4.78 is 33.6. The average molecular weight is 488 g/mol. The van der Waals surface area contributed by atoms with Gasteiger partial charge in [-0.1, -0.05) is 77.1 Å². The number of hydrogen-bond donors (Lipinski definition) is 1. The highest BCUT2D eigenvalue weighted by Crippen LogP contribution is 2.40. The molecule has 1 heterocycles. The fraction of sp³-hybridized carbons (Fsp3) is 0.400. The smallest absolute Gasteiger partial charge is 0.324 e. The molecule has 0 unspecified atom stereocenters. The van der Waals surface area contributed by atoms with Gasteiger partial charge in [-0.15, -0.1) is 0 Å². The second kappa shape index (κ2) is 9.93. The number of methoxy groups -OCH3 is 1. The monoisotopic (exact) mass is 487 g/mol. The van der Waals surface area contributed by atoms with Gasteiger partial charge in [0, 0.05) is 19.1 Å². The Bertz CT molecular complexity index is 1130. The highest BCUT2D eigenvalue weighted by molar-refractivity contribution is 7.89. The minimum atomic E-state index is -3.96. The Morgan fingerprint density at radius 1 is 1.12 bits per heavy atom. The van der Waals surface area contributed by atoms with Crippen molar-refractivity contribution in [3.63, 3.8) is 0 Å². The van der Waals surface area contributed by atoms with Crippen molar-refractivity contribution < 1.29 is 23.1 Å². The van der Waals surface area contributed by atoms with Crippen LogP contribution in [0.1, 0.15) is 18.9 Å². The Hall–Kier alpha value is -2.26. The molecule has 2 aromatic rings. The summed E-state index contributed by atoms with van der Waals surface area (Å²) in [6, 6.07) is 15.8. The van der Waals surface area contributed by atoms with Gasteiger partial charge < -0.3 is 9.84 Å². The predicted octanol–water partition coefficient (Wildman–Crippen LogP) is 3.01. The van der Waals surface area contributed by atoms with Crippen molar-refractivity contribution >= 4 is 29.3 Å². The molecule has 0 spiro atoms. The topological polar surface area (TPSA) is 83.9 Å². The van der Waals surface area contributed by atoms with E-state index in [1.54, 1.807) is 24.3 Å². The molecule has 0 amide bonds. The van der Waals surface area contributed by atoms with Gasteiger partial charge in [0.15, 0.2) is 0 Å². The Balaban J connectivity index is 2.17. The summed E-state index contributed by atoms with van der Waals surface area (Å²) in [6.45, 7) is 8.35. The van der Waals surface area contributed by atoms with Gasteiger partial charge in [-0.25, -0.2) is 8.42 Å². The van der Waals surface area contributed by atoms with E-state index in [0.29, 0.717) is 0 Å². The first kappa shape index (κ1) is 25.4. The molecule has 0 saturated carbocycles. The van der Waals surface area contributed by atoms with Crippen LogP contribution in [0, 0.1) is 12.8 Å². The van der Waals surface area contributed by atoms with Crippen molar-refractivity contribution in [3.05, 3.63) is 70.9 Å². The molecule has 1 saturated heterocycles. The maximum Gasteiger partial charge on any atom is 0.324 e. The van der Waals surface area contributed by atoms with Crippen molar-refractivity contribution in [3.8, 4) is 0 Å². The quantitative estimate of drug-likeness (QED) is 0.479. The van der Waals surface area contributed by atoms with Crippen LogP contribution in [-0.2, 0) is 19.6 Å². The van der Waals surface area contributed by atoms with Gasteiger partial charge in [0.1, 0.15) is 14.1 Å². The lowest BCUT2D eigenvalue weighted by Gasteiger charge is -2.28. The van der Waals surface area contributed by atoms with Gasteiger partial charge in [-0.2, -0.15) is 4.31 Å². The molecule has 1 aliphatic heterocycles. The second-order valence-electron chi connectivity index (χ2n) is 9.09. The first-order valence-corrected chi connectivity index (χ1v) is 15.5. The van der Waals surface area contributed by atoms with Crippen LogP contribution in [0.5, 0.6) is 0 Å². The molecule has 3 rings (SSSR count). The highest BCUT2D eigenvalue weighted by atomic mass is 32.2. The zero-order valence-electron chi connectivity index (χ0n) is 19.9. The fourth-order valence-electron chi connectivity index (χ4n) is 4.60. The highest BCUT2D eigenvalue weighted by Gasteiger charge is 2.50. The molecule has 0 aliphatic carbocycles. The summed E-state index contributed by atoms with van der Waals surface area (Å²) in [5.41, 5.74) is 1.86. The van der Waals surface area contributed by atoms with Crippen molar-refractivity contribution in [2.24, 2.45) is 5.92 Å². The molecule has 2 atom stereocenters. The number of hydrogen-bond acceptors (Lipinski definition) is 5. The van der Waals surface area contributed by atoms with E-state index in [2.05, 4.69) is 32.2 Å². The number of carbonyl (C=O) groups excluding carboxylic acids is 1. The molecule has 2 aromatic carbocycles. The van der Waals surface area contributed by atoms with E-state index < -0.39 is 36.0 Å². The van der Waals surface area contributed by atoms with Crippen LogP contribution in [0.3, 0.4) is 0 Å². The first-order valence-electron chi connectivity index (χ1n) is 11.1. The van der Waals surface area contributed by atoms with Crippen LogP contribution in [0.25, 0.3) is 0 Å². The summed E-state index contributed by atoms with van der Waals surface area (Å²) in [4.78, 5) is 13.1. The molecule has 6 nitrogen and oxygen atoms in total. The van der Waals surface area contributed by atoms with E-state index in [4.69, 9.17) is 4.74 Å². The standard InChI is InChI=1S/C25H33NO5SSi/c1-18-11-13-20(14-12-18)32(29,30)26-17-23(22(15-16-27)24(26)25(28)31-3)19(2)33(4,5)21-9-7-6-8-10-21/h6-14,22,24,27H,15-17H2,1-5H3/b23-19-/t22-,24-/m0/s1. The van der Waals surface area contributed by atoms with Crippen LogP contribution in [-0.4, -0.2) is 58.2 Å². The van der Waals surface area contributed by atoms with Crippen molar-refractivity contribution in [1.29, 1.82) is 0 Å². The summed E-state index contributed by atoms with van der Waals surface area (Å²) in [7, 11) is -4.83. The zero-order valence-corrected chi connectivity index (χ0v) is 21.7. The number of allylic oxidation sites excluding steroid dienone is 1. The van der Waals surface area contributed by atoms with Crippen molar-refractivity contribution in [2.75, 3.05) is 20.3 Å². The molecule has 0 bridgehead atoms. The van der Waals surface area contributed by atoms with Crippen molar-refractivity contribution in [2.45, 2.75) is 44.3 Å². The third-order valence-corrected chi connectivity index (χ3v) is 12.7. The normalized spacial score (nSPS) is 21.2. The molecule has 1 N–H and O–H groups in total. The number of benzene rings is 2. The lowest BCUT2D eigenvalue weighted by atomic mass is 9.92. The van der Waals surface area contributed by atoms with Gasteiger partial charge in [0.2, 0.25) is 10.0 Å². The van der Waals surface area contributed by atoms with Crippen LogP contribution in [0.15, 0.2) is 70.3 Å². The molecule has 0 radical (unpaired) electrons. The molecular weight excluding hydrogens is 454 g/mol. The third kappa shape index (κ3) is 4.84. The maximum atomic E-state index is 13.7.